The van der Waals surface area contributed by atoms with Gasteiger partial charge in [-0.3, -0.25) is 9.79 Å². The second-order valence-corrected chi connectivity index (χ2v) is 4.92. The molecule has 114 valence electrons. The zero-order valence-electron chi connectivity index (χ0n) is 12.8. The quantitative estimate of drug-likeness (QED) is 0.597. The van der Waals surface area contributed by atoms with E-state index in [-0.39, 0.29) is 24.1 Å². The topological polar surface area (TPSA) is 65.0 Å². The first kappa shape index (κ1) is 16.9. The molecule has 0 spiro atoms. The number of methoxy groups -OCH3 is 2. The van der Waals surface area contributed by atoms with Crippen LogP contribution < -0.4 is 0 Å². The Kier molecular flexibility index (Phi) is 6.59. The van der Waals surface area contributed by atoms with Gasteiger partial charge in [0.1, 0.15) is 5.71 Å². The molecule has 0 aliphatic heterocycles. The van der Waals surface area contributed by atoms with E-state index in [1.807, 2.05) is 44.2 Å². The molecule has 1 aromatic rings. The maximum absolute atomic E-state index is 11.8. The molecule has 0 radical (unpaired) electrons. The predicted molar refractivity (Wildman–Crippen MR) is 80.1 cm³/mol. The van der Waals surface area contributed by atoms with Crippen molar-refractivity contribution in [2.45, 2.75) is 26.3 Å². The van der Waals surface area contributed by atoms with Crippen LogP contribution in [-0.4, -0.2) is 31.9 Å². The summed E-state index contributed by atoms with van der Waals surface area (Å²) < 4.78 is 9.29. The van der Waals surface area contributed by atoms with E-state index in [0.717, 1.165) is 5.56 Å². The van der Waals surface area contributed by atoms with E-state index in [0.29, 0.717) is 0 Å². The molecule has 0 saturated carbocycles. The average molecular weight is 291 g/mol. The van der Waals surface area contributed by atoms with Crippen molar-refractivity contribution >= 4 is 17.7 Å². The molecule has 5 nitrogen and oxygen atoms in total. The average Bonchev–Trinajstić information content (AvgIpc) is 2.50. The zero-order valence-corrected chi connectivity index (χ0v) is 12.8. The smallest absolute Gasteiger partial charge is 0.352 e. The van der Waals surface area contributed by atoms with Crippen molar-refractivity contribution in [1.82, 2.24) is 0 Å². The molecule has 5 heteroatoms. The molecule has 0 aromatic heterocycles. The largest absolute Gasteiger partial charge is 0.469 e. The summed E-state index contributed by atoms with van der Waals surface area (Å²) in [6.07, 6.45) is -0.195. The van der Waals surface area contributed by atoms with Crippen LogP contribution in [0.1, 0.15) is 31.9 Å². The summed E-state index contributed by atoms with van der Waals surface area (Å²) in [4.78, 5) is 27.7. The first-order valence-electron chi connectivity index (χ1n) is 6.76. The van der Waals surface area contributed by atoms with Gasteiger partial charge in [0.2, 0.25) is 0 Å². The summed E-state index contributed by atoms with van der Waals surface area (Å²) >= 11 is 0. The fraction of sp³-hybridized carbons (Fsp3) is 0.438. The van der Waals surface area contributed by atoms with Crippen molar-refractivity contribution in [2.24, 2.45) is 10.9 Å². The van der Waals surface area contributed by atoms with Crippen molar-refractivity contribution in [1.29, 1.82) is 0 Å². The monoisotopic (exact) mass is 291 g/mol. The molecule has 1 unspecified atom stereocenters. The van der Waals surface area contributed by atoms with Crippen LogP contribution >= 0.6 is 0 Å². The Labute approximate surface area is 125 Å². The Morgan fingerprint density at radius 1 is 1.10 bits per heavy atom. The van der Waals surface area contributed by atoms with E-state index in [4.69, 9.17) is 4.74 Å². The van der Waals surface area contributed by atoms with Crippen LogP contribution in [0, 0.1) is 5.92 Å². The Morgan fingerprint density at radius 2 is 1.71 bits per heavy atom. The van der Waals surface area contributed by atoms with Gasteiger partial charge in [-0.05, 0) is 11.5 Å². The lowest BCUT2D eigenvalue weighted by atomic mass is 9.96. The summed E-state index contributed by atoms with van der Waals surface area (Å²) in [5.41, 5.74) is 1.06. The first-order chi connectivity index (χ1) is 9.99. The highest BCUT2D eigenvalue weighted by Crippen LogP contribution is 2.26. The fourth-order valence-electron chi connectivity index (χ4n) is 1.92. The van der Waals surface area contributed by atoms with Crippen molar-refractivity contribution < 1.29 is 19.1 Å². The molecule has 1 atom stereocenters. The van der Waals surface area contributed by atoms with Crippen molar-refractivity contribution in [3.63, 3.8) is 0 Å². The molecule has 1 aromatic carbocycles. The van der Waals surface area contributed by atoms with Gasteiger partial charge >= 0.3 is 11.9 Å². The number of ether oxygens (including phenoxy) is 2. The summed E-state index contributed by atoms with van der Waals surface area (Å²) in [6.45, 7) is 4.02. The minimum absolute atomic E-state index is 0.0758. The third-order valence-electron chi connectivity index (χ3n) is 3.03. The van der Waals surface area contributed by atoms with Crippen LogP contribution in [0.3, 0.4) is 0 Å². The molecule has 0 heterocycles. The van der Waals surface area contributed by atoms with Crippen molar-refractivity contribution in [2.75, 3.05) is 14.2 Å². The Balaban J connectivity index is 3.14. The van der Waals surface area contributed by atoms with E-state index in [1.54, 1.807) is 0 Å². The summed E-state index contributed by atoms with van der Waals surface area (Å²) in [6, 6.07) is 9.42. The number of carbonyl (C=O) groups excluding carboxylic acids is 2. The van der Waals surface area contributed by atoms with E-state index < -0.39 is 11.9 Å². The number of benzene rings is 1. The highest BCUT2D eigenvalue weighted by Gasteiger charge is 2.21. The van der Waals surface area contributed by atoms with Crippen LogP contribution in [0.4, 0.5) is 0 Å². The van der Waals surface area contributed by atoms with Crippen LogP contribution in [0.25, 0.3) is 0 Å². The van der Waals surface area contributed by atoms with Gasteiger partial charge in [0, 0.05) is 0 Å². The Hall–Kier alpha value is -2.17. The molecule has 0 aliphatic rings. The van der Waals surface area contributed by atoms with Crippen LogP contribution in [-0.2, 0) is 19.1 Å². The molecule has 0 bridgehead atoms. The SMILES string of the molecule is COC(=O)CC(=NC(c1ccccc1)C(C)C)C(=O)OC. The van der Waals surface area contributed by atoms with E-state index >= 15 is 0 Å². The number of rotatable bonds is 6. The van der Waals surface area contributed by atoms with Gasteiger partial charge in [-0.1, -0.05) is 44.2 Å². The van der Waals surface area contributed by atoms with Crippen LogP contribution in [0.5, 0.6) is 0 Å². The van der Waals surface area contributed by atoms with Crippen molar-refractivity contribution in [3.05, 3.63) is 35.9 Å². The number of aliphatic imine (C=N–C) groups is 1. The lowest BCUT2D eigenvalue weighted by Gasteiger charge is -2.18. The van der Waals surface area contributed by atoms with E-state index in [2.05, 4.69) is 9.73 Å². The highest BCUT2D eigenvalue weighted by molar-refractivity contribution is 6.39. The predicted octanol–water partition coefficient (Wildman–Crippen LogP) is 2.56. The van der Waals surface area contributed by atoms with E-state index in [9.17, 15) is 9.59 Å². The summed E-state index contributed by atoms with van der Waals surface area (Å²) in [5.74, 6) is -0.957. The van der Waals surface area contributed by atoms with Gasteiger partial charge < -0.3 is 9.47 Å². The number of hydrogen-bond donors (Lipinski definition) is 0. The Morgan fingerprint density at radius 3 is 2.19 bits per heavy atom. The second kappa shape index (κ2) is 8.19. The van der Waals surface area contributed by atoms with Crippen LogP contribution in [0.15, 0.2) is 35.3 Å². The second-order valence-electron chi connectivity index (χ2n) is 4.92. The number of esters is 2. The summed E-state index contributed by atoms with van der Waals surface area (Å²) in [7, 11) is 2.54. The maximum Gasteiger partial charge on any atom is 0.352 e. The van der Waals surface area contributed by atoms with Crippen molar-refractivity contribution in [3.8, 4) is 0 Å². The van der Waals surface area contributed by atoms with Gasteiger partial charge in [0.15, 0.2) is 0 Å². The molecule has 21 heavy (non-hydrogen) atoms. The minimum atomic E-state index is -0.609. The summed E-state index contributed by atoms with van der Waals surface area (Å²) in [5, 5.41) is 0. The standard InChI is InChI=1S/C16H21NO4/c1-11(2)15(12-8-6-5-7-9-12)17-13(16(19)21-4)10-14(18)20-3/h5-9,11,15H,10H2,1-4H3. The van der Waals surface area contributed by atoms with Gasteiger partial charge in [-0.2, -0.15) is 0 Å². The number of carbonyl (C=O) groups is 2. The van der Waals surface area contributed by atoms with Gasteiger partial charge in [-0.25, -0.2) is 4.79 Å². The highest BCUT2D eigenvalue weighted by atomic mass is 16.5. The molecule has 1 rings (SSSR count). The molecule has 0 saturated heterocycles. The maximum atomic E-state index is 11.8. The van der Waals surface area contributed by atoms with Crippen LogP contribution in [0.2, 0.25) is 0 Å². The molecule has 0 amide bonds. The third-order valence-corrected chi connectivity index (χ3v) is 3.03. The molecule has 0 aliphatic carbocycles. The van der Waals surface area contributed by atoms with Gasteiger partial charge in [0.05, 0.1) is 26.7 Å². The fourth-order valence-corrected chi connectivity index (χ4v) is 1.92. The lowest BCUT2D eigenvalue weighted by molar-refractivity contribution is -0.140. The normalized spacial score (nSPS) is 12.9. The molecular formula is C16H21NO4. The number of nitrogens with zero attached hydrogens (tertiary/aromatic N) is 1. The number of hydrogen-bond acceptors (Lipinski definition) is 5. The van der Waals surface area contributed by atoms with Gasteiger partial charge in [-0.15, -0.1) is 0 Å². The molecule has 0 fully saturated rings. The van der Waals surface area contributed by atoms with Gasteiger partial charge in [0.25, 0.3) is 0 Å². The zero-order chi connectivity index (χ0) is 15.8. The lowest BCUT2D eigenvalue weighted by Crippen LogP contribution is -2.22. The third kappa shape index (κ3) is 5.02. The first-order valence-corrected chi connectivity index (χ1v) is 6.76. The molecule has 0 N–H and O–H groups in total. The Bertz CT molecular complexity index is 508. The minimum Gasteiger partial charge on any atom is -0.469 e. The van der Waals surface area contributed by atoms with E-state index in [1.165, 1.54) is 14.2 Å². The molecular weight excluding hydrogens is 270 g/mol.